The fourth-order valence-electron chi connectivity index (χ4n) is 1.49. The summed E-state index contributed by atoms with van der Waals surface area (Å²) in [6, 6.07) is 9.65. The Labute approximate surface area is 108 Å². The van der Waals surface area contributed by atoms with Crippen LogP contribution in [-0.4, -0.2) is 31.0 Å². The molecule has 0 spiro atoms. The molecule has 0 unspecified atom stereocenters. The first kappa shape index (κ1) is 14.0. The lowest BCUT2D eigenvalue weighted by Crippen LogP contribution is -2.31. The van der Waals surface area contributed by atoms with Gasteiger partial charge in [-0.25, -0.2) is 0 Å². The summed E-state index contributed by atoms with van der Waals surface area (Å²) in [7, 11) is 1.58. The van der Waals surface area contributed by atoms with Crippen molar-refractivity contribution in [2.45, 2.75) is 19.8 Å². The van der Waals surface area contributed by atoms with E-state index in [1.165, 1.54) is 10.5 Å². The fraction of sp³-hybridized carbons (Fsp3) is 0.429. The largest absolute Gasteiger partial charge is 0.484 e. The van der Waals surface area contributed by atoms with Gasteiger partial charge >= 0.3 is 0 Å². The van der Waals surface area contributed by atoms with Gasteiger partial charge in [0.1, 0.15) is 12.3 Å². The molecular formula is C14H18N2O2. The second-order valence-corrected chi connectivity index (χ2v) is 4.09. The number of hydrogen-bond donors (Lipinski definition) is 0. The van der Waals surface area contributed by atoms with Crippen molar-refractivity contribution in [2.75, 3.05) is 20.2 Å². The number of amides is 1. The summed E-state index contributed by atoms with van der Waals surface area (Å²) in [5.74, 6) is 0.475. The Morgan fingerprint density at radius 3 is 2.61 bits per heavy atom. The van der Waals surface area contributed by atoms with Crippen molar-refractivity contribution in [3.63, 3.8) is 0 Å². The van der Waals surface area contributed by atoms with Crippen LogP contribution in [0.3, 0.4) is 0 Å². The predicted octanol–water partition coefficient (Wildman–Crippen LogP) is 2.00. The third-order valence-electron chi connectivity index (χ3n) is 2.56. The molecule has 0 saturated heterocycles. The van der Waals surface area contributed by atoms with E-state index in [0.717, 1.165) is 12.8 Å². The van der Waals surface area contributed by atoms with Crippen LogP contribution in [0.15, 0.2) is 24.3 Å². The first-order chi connectivity index (χ1) is 8.67. The molecule has 96 valence electrons. The van der Waals surface area contributed by atoms with E-state index in [9.17, 15) is 4.79 Å². The van der Waals surface area contributed by atoms with Crippen LogP contribution < -0.4 is 4.74 Å². The van der Waals surface area contributed by atoms with Gasteiger partial charge in [-0.15, -0.1) is 0 Å². The van der Waals surface area contributed by atoms with E-state index in [4.69, 9.17) is 10.00 Å². The smallest absolute Gasteiger partial charge is 0.261 e. The number of ether oxygens (including phenoxy) is 1. The molecule has 18 heavy (non-hydrogen) atoms. The van der Waals surface area contributed by atoms with E-state index in [0.29, 0.717) is 5.75 Å². The second-order valence-electron chi connectivity index (χ2n) is 4.09. The SMILES string of the molecule is CCCc1ccc(OCC(=O)N(C)CC#N)cc1. The fourth-order valence-corrected chi connectivity index (χ4v) is 1.49. The molecule has 0 bridgehead atoms. The Morgan fingerprint density at radius 1 is 1.39 bits per heavy atom. The number of rotatable bonds is 6. The van der Waals surface area contributed by atoms with Gasteiger partial charge in [-0.2, -0.15) is 5.26 Å². The molecular weight excluding hydrogens is 228 g/mol. The van der Waals surface area contributed by atoms with Crippen LogP contribution in [0, 0.1) is 11.3 Å². The first-order valence-corrected chi connectivity index (χ1v) is 6.00. The molecule has 4 heteroatoms. The zero-order chi connectivity index (χ0) is 13.4. The summed E-state index contributed by atoms with van der Waals surface area (Å²) in [5.41, 5.74) is 1.26. The average Bonchev–Trinajstić information content (AvgIpc) is 2.38. The maximum absolute atomic E-state index is 11.5. The predicted molar refractivity (Wildman–Crippen MR) is 69.2 cm³/mol. The van der Waals surface area contributed by atoms with E-state index in [2.05, 4.69) is 6.92 Å². The monoisotopic (exact) mass is 246 g/mol. The standard InChI is InChI=1S/C14H18N2O2/c1-3-4-12-5-7-13(8-6-12)18-11-14(17)16(2)10-9-15/h5-8H,3-4,10-11H2,1-2H3. The molecule has 0 N–H and O–H groups in total. The van der Waals surface area contributed by atoms with Gasteiger partial charge in [-0.05, 0) is 24.1 Å². The quantitative estimate of drug-likeness (QED) is 0.721. The van der Waals surface area contributed by atoms with E-state index >= 15 is 0 Å². The van der Waals surface area contributed by atoms with Crippen molar-refractivity contribution in [3.05, 3.63) is 29.8 Å². The summed E-state index contributed by atoms with van der Waals surface area (Å²) < 4.78 is 5.37. The molecule has 1 rings (SSSR count). The summed E-state index contributed by atoms with van der Waals surface area (Å²) in [5, 5.41) is 8.47. The number of carbonyl (C=O) groups is 1. The second kappa shape index (κ2) is 7.33. The van der Waals surface area contributed by atoms with Crippen molar-refractivity contribution < 1.29 is 9.53 Å². The number of benzene rings is 1. The summed E-state index contributed by atoms with van der Waals surface area (Å²) >= 11 is 0. The number of aryl methyl sites for hydroxylation is 1. The highest BCUT2D eigenvalue weighted by atomic mass is 16.5. The van der Waals surface area contributed by atoms with Crippen LogP contribution >= 0.6 is 0 Å². The molecule has 0 aromatic heterocycles. The lowest BCUT2D eigenvalue weighted by atomic mass is 10.1. The first-order valence-electron chi connectivity index (χ1n) is 6.00. The Hall–Kier alpha value is -2.02. The summed E-state index contributed by atoms with van der Waals surface area (Å²) in [4.78, 5) is 12.9. The van der Waals surface area contributed by atoms with Crippen LogP contribution in [-0.2, 0) is 11.2 Å². The number of nitrogens with zero attached hydrogens (tertiary/aromatic N) is 2. The topological polar surface area (TPSA) is 53.3 Å². The van der Waals surface area contributed by atoms with Gasteiger partial charge in [0.25, 0.3) is 5.91 Å². The van der Waals surface area contributed by atoms with Gasteiger partial charge in [0.2, 0.25) is 0 Å². The Bertz CT molecular complexity index is 420. The highest BCUT2D eigenvalue weighted by molar-refractivity contribution is 5.77. The van der Waals surface area contributed by atoms with E-state index in [1.54, 1.807) is 7.05 Å². The minimum Gasteiger partial charge on any atom is -0.484 e. The van der Waals surface area contributed by atoms with Crippen LogP contribution in [0.5, 0.6) is 5.75 Å². The molecule has 0 heterocycles. The van der Waals surface area contributed by atoms with Gasteiger partial charge in [-0.1, -0.05) is 25.5 Å². The molecule has 0 aliphatic carbocycles. The molecule has 1 aromatic carbocycles. The Kier molecular flexibility index (Phi) is 5.72. The molecule has 0 aliphatic heterocycles. The maximum Gasteiger partial charge on any atom is 0.261 e. The van der Waals surface area contributed by atoms with Crippen molar-refractivity contribution in [1.82, 2.24) is 4.90 Å². The van der Waals surface area contributed by atoms with Gasteiger partial charge in [0.15, 0.2) is 6.61 Å². The van der Waals surface area contributed by atoms with Gasteiger partial charge in [-0.3, -0.25) is 4.79 Å². The van der Waals surface area contributed by atoms with Crippen molar-refractivity contribution in [3.8, 4) is 11.8 Å². The maximum atomic E-state index is 11.5. The van der Waals surface area contributed by atoms with Gasteiger partial charge < -0.3 is 9.64 Å². The molecule has 1 amide bonds. The zero-order valence-corrected chi connectivity index (χ0v) is 10.8. The van der Waals surface area contributed by atoms with Crippen molar-refractivity contribution in [1.29, 1.82) is 5.26 Å². The zero-order valence-electron chi connectivity index (χ0n) is 10.8. The minimum absolute atomic E-state index is 0.0364. The molecule has 0 aliphatic rings. The normalized spacial score (nSPS) is 9.61. The van der Waals surface area contributed by atoms with Crippen LogP contribution in [0.1, 0.15) is 18.9 Å². The average molecular weight is 246 g/mol. The highest BCUT2D eigenvalue weighted by Crippen LogP contribution is 2.13. The van der Waals surface area contributed by atoms with Crippen molar-refractivity contribution >= 4 is 5.91 Å². The van der Waals surface area contributed by atoms with E-state index in [1.807, 2.05) is 30.3 Å². The van der Waals surface area contributed by atoms with Crippen molar-refractivity contribution in [2.24, 2.45) is 0 Å². The minimum atomic E-state index is -0.200. The number of hydrogen-bond acceptors (Lipinski definition) is 3. The van der Waals surface area contributed by atoms with Crippen LogP contribution in [0.2, 0.25) is 0 Å². The molecule has 0 atom stereocenters. The van der Waals surface area contributed by atoms with E-state index < -0.39 is 0 Å². The van der Waals surface area contributed by atoms with Gasteiger partial charge in [0, 0.05) is 7.05 Å². The number of nitriles is 1. The molecule has 1 aromatic rings. The van der Waals surface area contributed by atoms with E-state index in [-0.39, 0.29) is 19.1 Å². The molecule has 0 saturated carbocycles. The summed E-state index contributed by atoms with van der Waals surface area (Å²) in [6.45, 7) is 2.18. The van der Waals surface area contributed by atoms with Gasteiger partial charge in [0.05, 0.1) is 6.07 Å². The number of likely N-dealkylation sites (N-methyl/N-ethyl adjacent to an activating group) is 1. The third-order valence-corrected chi connectivity index (χ3v) is 2.56. The highest BCUT2D eigenvalue weighted by Gasteiger charge is 2.08. The van der Waals surface area contributed by atoms with Crippen LogP contribution in [0.25, 0.3) is 0 Å². The summed E-state index contributed by atoms with van der Waals surface area (Å²) in [6.07, 6.45) is 2.15. The molecule has 0 radical (unpaired) electrons. The third kappa shape index (κ3) is 4.46. The van der Waals surface area contributed by atoms with Crippen LogP contribution in [0.4, 0.5) is 0 Å². The lowest BCUT2D eigenvalue weighted by molar-refractivity contribution is -0.131. The Balaban J connectivity index is 2.44. The lowest BCUT2D eigenvalue weighted by Gasteiger charge is -2.13. The Morgan fingerprint density at radius 2 is 2.06 bits per heavy atom. The molecule has 4 nitrogen and oxygen atoms in total. The number of carbonyl (C=O) groups excluding carboxylic acids is 1. The molecule has 0 fully saturated rings.